The minimum absolute atomic E-state index is 0.0432. The van der Waals surface area contributed by atoms with E-state index in [1.54, 1.807) is 6.07 Å². The van der Waals surface area contributed by atoms with Crippen LogP contribution in [0.15, 0.2) is 59.2 Å². The molecule has 0 aliphatic carbocycles. The van der Waals surface area contributed by atoms with Crippen LogP contribution >= 0.6 is 0 Å². The fourth-order valence-electron chi connectivity index (χ4n) is 2.38. The number of aryl methyl sites for hydroxylation is 1. The topological polar surface area (TPSA) is 60.2 Å². The van der Waals surface area contributed by atoms with Gasteiger partial charge in [0.1, 0.15) is 12.1 Å². The zero-order valence-corrected chi connectivity index (χ0v) is 13.9. The normalized spacial score (nSPS) is 11.6. The molecule has 0 amide bonds. The van der Waals surface area contributed by atoms with Gasteiger partial charge in [0.25, 0.3) is 0 Å². The van der Waals surface area contributed by atoms with Crippen LogP contribution in [-0.2, 0) is 21.3 Å². The van der Waals surface area contributed by atoms with Gasteiger partial charge in [0, 0.05) is 5.56 Å². The fraction of sp³-hybridized carbons (Fsp3) is 0.167. The average Bonchev–Trinajstić information content (AvgIpc) is 2.98. The molecule has 4 nitrogen and oxygen atoms in total. The molecule has 0 aliphatic heterocycles. The number of halogens is 1. The van der Waals surface area contributed by atoms with Crippen LogP contribution in [0, 0.1) is 12.7 Å². The Morgan fingerprint density at radius 1 is 1.04 bits per heavy atom. The maximum atomic E-state index is 12.9. The van der Waals surface area contributed by atoms with Gasteiger partial charge in [0.05, 0.1) is 17.2 Å². The van der Waals surface area contributed by atoms with E-state index in [1.165, 1.54) is 30.5 Å². The number of hydrogen-bond acceptors (Lipinski definition) is 4. The lowest BCUT2D eigenvalue weighted by Gasteiger charge is -2.05. The van der Waals surface area contributed by atoms with E-state index in [0.717, 1.165) is 11.1 Å². The molecule has 2 aromatic carbocycles. The van der Waals surface area contributed by atoms with Crippen molar-refractivity contribution in [2.75, 3.05) is 0 Å². The molecule has 24 heavy (non-hydrogen) atoms. The molecule has 0 aliphatic rings. The van der Waals surface area contributed by atoms with Gasteiger partial charge in [0.15, 0.2) is 9.84 Å². The Labute approximate surface area is 139 Å². The first kappa shape index (κ1) is 16.4. The van der Waals surface area contributed by atoms with Gasteiger partial charge in [-0.2, -0.15) is 0 Å². The summed E-state index contributed by atoms with van der Waals surface area (Å²) >= 11 is 0. The predicted octanol–water partition coefficient (Wildman–Crippen LogP) is 3.90. The zero-order chi connectivity index (χ0) is 17.2. The first-order valence-corrected chi connectivity index (χ1v) is 9.20. The molecule has 0 atom stereocenters. The number of nitrogens with zero attached hydrogens (tertiary/aromatic N) is 1. The first-order valence-electron chi connectivity index (χ1n) is 7.38. The van der Waals surface area contributed by atoms with Gasteiger partial charge < -0.3 is 4.42 Å². The lowest BCUT2D eigenvalue weighted by Crippen LogP contribution is -2.08. The molecule has 0 saturated carbocycles. The van der Waals surface area contributed by atoms with Crippen LogP contribution in [0.4, 0.5) is 4.39 Å². The second-order valence-corrected chi connectivity index (χ2v) is 7.67. The molecule has 0 radical (unpaired) electrons. The summed E-state index contributed by atoms with van der Waals surface area (Å²) in [7, 11) is -3.37. The van der Waals surface area contributed by atoms with Gasteiger partial charge in [-0.3, -0.25) is 0 Å². The van der Waals surface area contributed by atoms with Crippen LogP contribution in [0.5, 0.6) is 0 Å². The van der Waals surface area contributed by atoms with Crippen LogP contribution in [0.25, 0.3) is 11.5 Å². The Hall–Kier alpha value is -2.47. The number of sulfone groups is 1. The second kappa shape index (κ2) is 6.57. The van der Waals surface area contributed by atoms with Crippen LogP contribution < -0.4 is 0 Å². The Bertz CT molecular complexity index is 946. The van der Waals surface area contributed by atoms with Crippen molar-refractivity contribution in [2.24, 2.45) is 0 Å². The van der Waals surface area contributed by atoms with Gasteiger partial charge in [-0.05, 0) is 42.3 Å². The Kier molecular flexibility index (Phi) is 4.49. The molecule has 3 rings (SSSR count). The van der Waals surface area contributed by atoms with Crippen LogP contribution in [0.1, 0.15) is 16.8 Å². The third kappa shape index (κ3) is 3.89. The minimum Gasteiger partial charge on any atom is -0.444 e. The van der Waals surface area contributed by atoms with Gasteiger partial charge in [0.2, 0.25) is 5.89 Å². The van der Waals surface area contributed by atoms with Crippen molar-refractivity contribution in [1.82, 2.24) is 4.98 Å². The highest BCUT2D eigenvalue weighted by Crippen LogP contribution is 2.21. The quantitative estimate of drug-likeness (QED) is 0.703. The van der Waals surface area contributed by atoms with E-state index >= 15 is 0 Å². The summed E-state index contributed by atoms with van der Waals surface area (Å²) < 4.78 is 43.0. The summed E-state index contributed by atoms with van der Waals surface area (Å²) in [5.41, 5.74) is 2.65. The molecular formula is C18H16FNO3S. The summed E-state index contributed by atoms with van der Waals surface area (Å²) in [6, 6.07) is 13.0. The van der Waals surface area contributed by atoms with Crippen LogP contribution in [0.3, 0.4) is 0 Å². The zero-order valence-electron chi connectivity index (χ0n) is 13.1. The monoisotopic (exact) mass is 345 g/mol. The van der Waals surface area contributed by atoms with E-state index in [2.05, 4.69) is 4.98 Å². The van der Waals surface area contributed by atoms with E-state index in [1.807, 2.05) is 25.1 Å². The van der Waals surface area contributed by atoms with Crippen LogP contribution in [-0.4, -0.2) is 13.4 Å². The Balaban J connectivity index is 1.76. The highest BCUT2D eigenvalue weighted by atomic mass is 32.2. The van der Waals surface area contributed by atoms with Gasteiger partial charge in [-0.1, -0.05) is 24.3 Å². The smallest absolute Gasteiger partial charge is 0.226 e. The van der Waals surface area contributed by atoms with E-state index in [0.29, 0.717) is 11.3 Å². The van der Waals surface area contributed by atoms with E-state index < -0.39 is 9.84 Å². The maximum absolute atomic E-state index is 12.9. The van der Waals surface area contributed by atoms with Crippen molar-refractivity contribution in [3.63, 3.8) is 0 Å². The molecule has 124 valence electrons. The SMILES string of the molecule is Cc1ccccc1CS(=O)(=O)Cc1coc(-c2ccc(F)cc2)n1. The largest absolute Gasteiger partial charge is 0.444 e. The molecule has 0 fully saturated rings. The fourth-order valence-corrected chi connectivity index (χ4v) is 3.87. The highest BCUT2D eigenvalue weighted by Gasteiger charge is 2.17. The molecule has 0 unspecified atom stereocenters. The van der Waals surface area contributed by atoms with Crippen LogP contribution in [0.2, 0.25) is 0 Å². The molecule has 3 aromatic rings. The summed E-state index contributed by atoms with van der Waals surface area (Å²) in [6.07, 6.45) is 1.33. The molecule has 0 bridgehead atoms. The highest BCUT2D eigenvalue weighted by molar-refractivity contribution is 7.89. The Morgan fingerprint density at radius 2 is 1.75 bits per heavy atom. The third-order valence-corrected chi connectivity index (χ3v) is 5.13. The number of benzene rings is 2. The number of rotatable bonds is 5. The molecule has 0 N–H and O–H groups in total. The number of oxazole rings is 1. The summed E-state index contributed by atoms with van der Waals surface area (Å²) in [5, 5.41) is 0. The lowest BCUT2D eigenvalue weighted by molar-refractivity contribution is 0.571. The summed E-state index contributed by atoms with van der Waals surface area (Å²) in [4.78, 5) is 4.19. The molecular weight excluding hydrogens is 329 g/mol. The number of hydrogen-bond donors (Lipinski definition) is 0. The minimum atomic E-state index is -3.37. The molecule has 0 saturated heterocycles. The second-order valence-electron chi connectivity index (χ2n) is 5.61. The van der Waals surface area contributed by atoms with Crippen molar-refractivity contribution in [1.29, 1.82) is 0 Å². The van der Waals surface area contributed by atoms with Crippen molar-refractivity contribution in [2.45, 2.75) is 18.4 Å². The maximum Gasteiger partial charge on any atom is 0.226 e. The van der Waals surface area contributed by atoms with E-state index in [4.69, 9.17) is 4.42 Å². The van der Waals surface area contributed by atoms with Gasteiger partial charge in [-0.15, -0.1) is 0 Å². The third-order valence-electron chi connectivity index (χ3n) is 3.65. The summed E-state index contributed by atoms with van der Waals surface area (Å²) in [5.74, 6) is -0.327. The van der Waals surface area contributed by atoms with Gasteiger partial charge >= 0.3 is 0 Å². The molecule has 1 heterocycles. The molecule has 6 heteroatoms. The molecule has 1 aromatic heterocycles. The number of aromatic nitrogens is 1. The predicted molar refractivity (Wildman–Crippen MR) is 89.4 cm³/mol. The Morgan fingerprint density at radius 3 is 2.46 bits per heavy atom. The van der Waals surface area contributed by atoms with E-state index in [-0.39, 0.29) is 23.2 Å². The van der Waals surface area contributed by atoms with Crippen molar-refractivity contribution >= 4 is 9.84 Å². The first-order chi connectivity index (χ1) is 11.4. The standard InChI is InChI=1S/C18H16FNO3S/c1-13-4-2-3-5-15(13)11-24(21,22)12-17-10-23-18(20-17)14-6-8-16(19)9-7-14/h2-10H,11-12H2,1H3. The van der Waals surface area contributed by atoms with Crippen molar-refractivity contribution in [3.8, 4) is 11.5 Å². The summed E-state index contributed by atoms with van der Waals surface area (Å²) in [6.45, 7) is 1.88. The van der Waals surface area contributed by atoms with E-state index in [9.17, 15) is 12.8 Å². The van der Waals surface area contributed by atoms with Gasteiger partial charge in [-0.25, -0.2) is 17.8 Å². The van der Waals surface area contributed by atoms with Crippen molar-refractivity contribution < 1.29 is 17.2 Å². The lowest BCUT2D eigenvalue weighted by atomic mass is 10.1. The average molecular weight is 345 g/mol. The van der Waals surface area contributed by atoms with Crippen molar-refractivity contribution in [3.05, 3.63) is 77.4 Å². The molecule has 0 spiro atoms.